The van der Waals surface area contributed by atoms with Gasteiger partial charge in [0.1, 0.15) is 6.04 Å². The van der Waals surface area contributed by atoms with Gasteiger partial charge in [0.2, 0.25) is 5.91 Å². The molecular weight excluding hydrogens is 350 g/mol. The summed E-state index contributed by atoms with van der Waals surface area (Å²) in [5.74, 6) is -0.183. The fraction of sp³-hybridized carbons (Fsp3) is 0.217. The van der Waals surface area contributed by atoms with E-state index in [9.17, 15) is 9.59 Å². The second-order valence-corrected chi connectivity index (χ2v) is 6.61. The summed E-state index contributed by atoms with van der Waals surface area (Å²) < 4.78 is 0. The highest BCUT2D eigenvalue weighted by atomic mass is 16.2. The Morgan fingerprint density at radius 2 is 1.71 bits per heavy atom. The predicted molar refractivity (Wildman–Crippen MR) is 115 cm³/mol. The van der Waals surface area contributed by atoms with Gasteiger partial charge in [-0.3, -0.25) is 9.59 Å². The minimum absolute atomic E-state index is 0.0239. The summed E-state index contributed by atoms with van der Waals surface area (Å²) in [6.07, 6.45) is 0. The van der Waals surface area contributed by atoms with E-state index in [1.807, 2.05) is 62.4 Å². The van der Waals surface area contributed by atoms with Gasteiger partial charge in [-0.2, -0.15) is 0 Å². The van der Waals surface area contributed by atoms with Crippen molar-refractivity contribution in [3.63, 3.8) is 0 Å². The third-order valence-corrected chi connectivity index (χ3v) is 4.75. The Morgan fingerprint density at radius 1 is 1.00 bits per heavy atom. The number of likely N-dealkylation sites (N-methyl/N-ethyl adjacent to an activating group) is 1. The van der Waals surface area contributed by atoms with E-state index in [0.717, 1.165) is 22.1 Å². The zero-order valence-corrected chi connectivity index (χ0v) is 16.4. The zero-order chi connectivity index (χ0) is 20.1. The van der Waals surface area contributed by atoms with Crippen LogP contribution in [0.1, 0.15) is 24.2 Å². The molecule has 28 heavy (non-hydrogen) atoms. The van der Waals surface area contributed by atoms with Crippen LogP contribution in [0.4, 0.5) is 11.4 Å². The number of carbonyl (C=O) groups excluding carboxylic acids is 2. The average Bonchev–Trinajstić information content (AvgIpc) is 2.74. The molecule has 2 N–H and O–H groups in total. The van der Waals surface area contributed by atoms with Crippen LogP contribution in [0.25, 0.3) is 10.8 Å². The van der Waals surface area contributed by atoms with Gasteiger partial charge < -0.3 is 15.5 Å². The number of nitrogens with zero attached hydrogens (tertiary/aromatic N) is 1. The zero-order valence-electron chi connectivity index (χ0n) is 16.4. The molecule has 0 fully saturated rings. The molecule has 3 aromatic carbocycles. The Bertz CT molecular complexity index is 995. The van der Waals surface area contributed by atoms with Crippen molar-refractivity contribution in [1.29, 1.82) is 0 Å². The summed E-state index contributed by atoms with van der Waals surface area (Å²) in [4.78, 5) is 26.8. The van der Waals surface area contributed by atoms with Crippen molar-refractivity contribution in [2.75, 3.05) is 23.8 Å². The maximum absolute atomic E-state index is 13.2. The molecule has 0 saturated heterocycles. The van der Waals surface area contributed by atoms with Crippen LogP contribution in [0.5, 0.6) is 0 Å². The van der Waals surface area contributed by atoms with Gasteiger partial charge in [0.25, 0.3) is 5.91 Å². The molecule has 0 saturated carbocycles. The molecule has 3 rings (SSSR count). The standard InChI is InChI=1S/C23H25N3O2/c1-4-26(21-14-8-10-17-9-5-6-13-20(17)21)23(28)16(2)25-19-12-7-11-18(15-19)22(27)24-3/h5-16,25H,4H2,1-3H3,(H,24,27)/t16-/m1/s1. The van der Waals surface area contributed by atoms with E-state index in [0.29, 0.717) is 12.1 Å². The lowest BCUT2D eigenvalue weighted by Crippen LogP contribution is -2.41. The number of rotatable bonds is 6. The summed E-state index contributed by atoms with van der Waals surface area (Å²) in [6.45, 7) is 4.37. The van der Waals surface area contributed by atoms with Crippen LogP contribution in [0.15, 0.2) is 66.7 Å². The van der Waals surface area contributed by atoms with Crippen LogP contribution >= 0.6 is 0 Å². The number of carbonyl (C=O) groups is 2. The number of fused-ring (bicyclic) bond motifs is 1. The van der Waals surface area contributed by atoms with Crippen LogP contribution in [0.2, 0.25) is 0 Å². The molecule has 0 bridgehead atoms. The number of hydrogen-bond donors (Lipinski definition) is 2. The molecule has 0 spiro atoms. The number of anilines is 2. The molecular formula is C23H25N3O2. The van der Waals surface area contributed by atoms with Gasteiger partial charge in [-0.05, 0) is 43.5 Å². The molecule has 0 aliphatic carbocycles. The molecule has 0 radical (unpaired) electrons. The molecule has 0 aliphatic rings. The highest BCUT2D eigenvalue weighted by Gasteiger charge is 2.22. The topological polar surface area (TPSA) is 61.4 Å². The van der Waals surface area contributed by atoms with Gasteiger partial charge in [-0.1, -0.05) is 42.5 Å². The van der Waals surface area contributed by atoms with E-state index in [1.54, 1.807) is 30.1 Å². The Labute approximate surface area is 165 Å². The molecule has 0 unspecified atom stereocenters. The quantitative estimate of drug-likeness (QED) is 0.683. The Balaban J connectivity index is 1.84. The Morgan fingerprint density at radius 3 is 2.46 bits per heavy atom. The first-order valence-electron chi connectivity index (χ1n) is 9.43. The van der Waals surface area contributed by atoms with Gasteiger partial charge in [0.15, 0.2) is 0 Å². The lowest BCUT2D eigenvalue weighted by Gasteiger charge is -2.27. The molecule has 5 heteroatoms. The van der Waals surface area contributed by atoms with E-state index < -0.39 is 6.04 Å². The smallest absolute Gasteiger partial charge is 0.251 e. The first-order valence-corrected chi connectivity index (χ1v) is 9.43. The molecule has 2 amide bonds. The third-order valence-electron chi connectivity index (χ3n) is 4.75. The largest absolute Gasteiger partial charge is 0.374 e. The third kappa shape index (κ3) is 3.98. The molecule has 0 aromatic heterocycles. The molecule has 0 heterocycles. The Kier molecular flexibility index (Phi) is 5.94. The maximum Gasteiger partial charge on any atom is 0.251 e. The van der Waals surface area contributed by atoms with Gasteiger partial charge >= 0.3 is 0 Å². The molecule has 144 valence electrons. The molecule has 1 atom stereocenters. The van der Waals surface area contributed by atoms with E-state index in [4.69, 9.17) is 0 Å². The van der Waals surface area contributed by atoms with E-state index in [-0.39, 0.29) is 11.8 Å². The number of hydrogen-bond acceptors (Lipinski definition) is 3. The van der Waals surface area contributed by atoms with Crippen molar-refractivity contribution in [2.45, 2.75) is 19.9 Å². The van der Waals surface area contributed by atoms with Gasteiger partial charge in [-0.15, -0.1) is 0 Å². The normalized spacial score (nSPS) is 11.7. The van der Waals surface area contributed by atoms with Crippen molar-refractivity contribution < 1.29 is 9.59 Å². The van der Waals surface area contributed by atoms with E-state index in [1.165, 1.54) is 0 Å². The molecule has 3 aromatic rings. The van der Waals surface area contributed by atoms with Crippen LogP contribution in [0.3, 0.4) is 0 Å². The summed E-state index contributed by atoms with van der Waals surface area (Å²) in [5.41, 5.74) is 2.18. The highest BCUT2D eigenvalue weighted by Crippen LogP contribution is 2.27. The number of nitrogens with one attached hydrogen (secondary N) is 2. The van der Waals surface area contributed by atoms with Crippen LogP contribution in [-0.2, 0) is 4.79 Å². The van der Waals surface area contributed by atoms with Crippen molar-refractivity contribution in [3.8, 4) is 0 Å². The summed E-state index contributed by atoms with van der Waals surface area (Å²) in [7, 11) is 1.60. The van der Waals surface area contributed by atoms with Gasteiger partial charge in [0.05, 0.1) is 5.69 Å². The van der Waals surface area contributed by atoms with Crippen molar-refractivity contribution in [2.24, 2.45) is 0 Å². The maximum atomic E-state index is 13.2. The number of amides is 2. The molecule has 0 aliphatic heterocycles. The minimum Gasteiger partial charge on any atom is -0.374 e. The Hall–Kier alpha value is -3.34. The number of benzene rings is 3. The average molecular weight is 375 g/mol. The second kappa shape index (κ2) is 8.57. The highest BCUT2D eigenvalue weighted by molar-refractivity contribution is 6.06. The van der Waals surface area contributed by atoms with Crippen LogP contribution < -0.4 is 15.5 Å². The van der Waals surface area contributed by atoms with Gasteiger partial charge in [-0.25, -0.2) is 0 Å². The van der Waals surface area contributed by atoms with Crippen LogP contribution in [0, 0.1) is 0 Å². The van der Waals surface area contributed by atoms with Crippen molar-refractivity contribution >= 4 is 34.0 Å². The summed E-state index contributed by atoms with van der Waals surface area (Å²) in [5, 5.41) is 7.98. The van der Waals surface area contributed by atoms with Crippen LogP contribution in [-0.4, -0.2) is 31.4 Å². The first-order chi connectivity index (χ1) is 13.5. The molecule has 5 nitrogen and oxygen atoms in total. The SMILES string of the molecule is CCN(C(=O)[C@@H](C)Nc1cccc(C(=O)NC)c1)c1cccc2ccccc12. The lowest BCUT2D eigenvalue weighted by molar-refractivity contribution is -0.119. The van der Waals surface area contributed by atoms with E-state index >= 15 is 0 Å². The first kappa shape index (κ1) is 19.4. The fourth-order valence-corrected chi connectivity index (χ4v) is 3.33. The second-order valence-electron chi connectivity index (χ2n) is 6.61. The van der Waals surface area contributed by atoms with Gasteiger partial charge in [0, 0.05) is 30.2 Å². The predicted octanol–water partition coefficient (Wildman–Crippen LogP) is 4.05. The van der Waals surface area contributed by atoms with E-state index in [2.05, 4.69) is 10.6 Å². The van der Waals surface area contributed by atoms with Crippen molar-refractivity contribution in [1.82, 2.24) is 5.32 Å². The summed E-state index contributed by atoms with van der Waals surface area (Å²) in [6, 6.07) is 20.7. The van der Waals surface area contributed by atoms with Crippen molar-refractivity contribution in [3.05, 3.63) is 72.3 Å². The monoisotopic (exact) mass is 375 g/mol. The summed E-state index contributed by atoms with van der Waals surface area (Å²) >= 11 is 0. The lowest BCUT2D eigenvalue weighted by atomic mass is 10.1. The minimum atomic E-state index is -0.446. The fourth-order valence-electron chi connectivity index (χ4n) is 3.33.